The van der Waals surface area contributed by atoms with Crippen LogP contribution in [0.1, 0.15) is 18.2 Å². The normalized spacial score (nSPS) is 25.4. The molecule has 2 N–H and O–H groups in total. The second-order valence-electron chi connectivity index (χ2n) is 4.88. The zero-order chi connectivity index (χ0) is 17.2. The van der Waals surface area contributed by atoms with E-state index in [0.29, 0.717) is 0 Å². The van der Waals surface area contributed by atoms with Gasteiger partial charge in [-0.05, 0) is 12.5 Å². The number of aromatic amines is 1. The minimum atomic E-state index is -4.96. The van der Waals surface area contributed by atoms with E-state index in [9.17, 15) is 19.0 Å². The molecule has 1 saturated heterocycles. The molecule has 24 heavy (non-hydrogen) atoms. The molecule has 0 amide bonds. The van der Waals surface area contributed by atoms with E-state index in [4.69, 9.17) is 15.2 Å². The van der Waals surface area contributed by atoms with Crippen LogP contribution in [0.2, 0.25) is 0 Å². The van der Waals surface area contributed by atoms with E-state index in [0.717, 1.165) is 4.57 Å². The number of aryl methyl sites for hydroxylation is 1. The molecule has 0 saturated carbocycles. The molecule has 14 heteroatoms. The smallest absolute Gasteiger partial charge is 0.756 e. The topological polar surface area (TPSA) is 182 Å². The molecule has 0 aliphatic carbocycles. The zero-order valence-electron chi connectivity index (χ0n) is 12.9. The predicted molar refractivity (Wildman–Crippen MR) is 73.3 cm³/mol. The molecule has 2 rings (SSSR count). The van der Waals surface area contributed by atoms with Gasteiger partial charge in [0, 0.05) is 23.1 Å². The molecule has 0 bridgehead atoms. The average Bonchev–Trinajstić information content (AvgIpc) is 2.83. The van der Waals surface area contributed by atoms with E-state index < -0.39 is 44.1 Å². The number of azide groups is 1. The number of nitrogens with one attached hydrogen (secondary N) is 1. The Labute approximate surface area is 156 Å². The Balaban J connectivity index is 0.00000288. The molecule has 1 aliphatic rings. The molecular formula is C10H13N5NaO7P. The van der Waals surface area contributed by atoms with Crippen molar-refractivity contribution >= 4 is 7.82 Å². The molecule has 1 aromatic heterocycles. The van der Waals surface area contributed by atoms with Gasteiger partial charge in [-0.1, -0.05) is 5.11 Å². The van der Waals surface area contributed by atoms with Gasteiger partial charge in [0.05, 0.1) is 18.8 Å². The number of aromatic nitrogens is 2. The summed E-state index contributed by atoms with van der Waals surface area (Å²) in [6, 6.07) is -0.810. The molecule has 1 fully saturated rings. The van der Waals surface area contributed by atoms with Crippen LogP contribution in [0, 0.1) is 6.92 Å². The first kappa shape index (κ1) is 21.1. The third-order valence-electron chi connectivity index (χ3n) is 3.26. The van der Waals surface area contributed by atoms with Crippen LogP contribution in [0.25, 0.3) is 10.4 Å². The first-order valence-corrected chi connectivity index (χ1v) is 7.91. The first-order chi connectivity index (χ1) is 10.7. The molecule has 1 aliphatic heterocycles. The van der Waals surface area contributed by atoms with Crippen molar-refractivity contribution in [2.24, 2.45) is 5.11 Å². The number of H-pyrrole nitrogens is 1. The van der Waals surface area contributed by atoms with Gasteiger partial charge in [-0.3, -0.25) is 18.9 Å². The van der Waals surface area contributed by atoms with Crippen LogP contribution in [0.3, 0.4) is 0 Å². The van der Waals surface area contributed by atoms with Gasteiger partial charge in [-0.2, -0.15) is 0 Å². The summed E-state index contributed by atoms with van der Waals surface area (Å²) in [5, 5.41) is 3.47. The summed E-state index contributed by atoms with van der Waals surface area (Å²) < 4.78 is 21.5. The molecule has 0 aromatic carbocycles. The molecule has 4 atom stereocenters. The summed E-state index contributed by atoms with van der Waals surface area (Å²) in [5.74, 6) is 0. The van der Waals surface area contributed by atoms with Crippen molar-refractivity contribution < 1.29 is 53.2 Å². The summed E-state index contributed by atoms with van der Waals surface area (Å²) in [7, 11) is -4.96. The Hall–Kier alpha value is -0.940. The Morgan fingerprint density at radius 1 is 1.67 bits per heavy atom. The molecule has 0 radical (unpaired) electrons. The summed E-state index contributed by atoms with van der Waals surface area (Å²) in [6.07, 6.45) is -0.512. The first-order valence-electron chi connectivity index (χ1n) is 6.41. The van der Waals surface area contributed by atoms with E-state index in [2.05, 4.69) is 19.5 Å². The van der Waals surface area contributed by atoms with Gasteiger partial charge < -0.3 is 19.0 Å². The van der Waals surface area contributed by atoms with Crippen molar-refractivity contribution in [3.05, 3.63) is 43.0 Å². The molecule has 1 unspecified atom stereocenters. The fraction of sp³-hybridized carbons (Fsp3) is 0.600. The van der Waals surface area contributed by atoms with Gasteiger partial charge in [-0.15, -0.1) is 0 Å². The monoisotopic (exact) mass is 369 g/mol. The van der Waals surface area contributed by atoms with Gasteiger partial charge in [0.1, 0.15) is 6.23 Å². The standard InChI is InChI=1S/C10H14N5O7P.Na/c1-5-3-15(10(17)12-9(5)16)8-2-6(13-14-11)7(22-8)4-21-23(18,19)20;/h3,6-8H,2,4H2,1H3,(H,12,16,17)(H2,18,19,20);/q;+1/p-1/t6-,7+,8+;/m0./s1. The van der Waals surface area contributed by atoms with Crippen LogP contribution in [0.15, 0.2) is 20.9 Å². The molecule has 0 spiro atoms. The number of phosphoric ester groups is 1. The van der Waals surface area contributed by atoms with E-state index in [1.807, 2.05) is 0 Å². The Kier molecular flexibility index (Phi) is 7.42. The maximum absolute atomic E-state index is 11.8. The van der Waals surface area contributed by atoms with Crippen molar-refractivity contribution in [3.63, 3.8) is 0 Å². The summed E-state index contributed by atoms with van der Waals surface area (Å²) in [4.78, 5) is 47.2. The van der Waals surface area contributed by atoms with Crippen LogP contribution < -0.4 is 45.7 Å². The third-order valence-corrected chi connectivity index (χ3v) is 3.74. The van der Waals surface area contributed by atoms with Gasteiger partial charge >= 0.3 is 35.2 Å². The number of rotatable bonds is 5. The second-order valence-corrected chi connectivity index (χ2v) is 6.08. The minimum Gasteiger partial charge on any atom is -0.756 e. The largest absolute Gasteiger partial charge is 1.00 e. The zero-order valence-corrected chi connectivity index (χ0v) is 15.8. The Morgan fingerprint density at radius 2 is 2.33 bits per heavy atom. The molecule has 1 aromatic rings. The molecule has 2 heterocycles. The average molecular weight is 369 g/mol. The van der Waals surface area contributed by atoms with Crippen LogP contribution in [-0.2, 0) is 13.8 Å². The maximum atomic E-state index is 11.8. The summed E-state index contributed by atoms with van der Waals surface area (Å²) in [5.41, 5.74) is 7.56. The van der Waals surface area contributed by atoms with Crippen molar-refractivity contribution in [1.29, 1.82) is 0 Å². The summed E-state index contributed by atoms with van der Waals surface area (Å²) >= 11 is 0. The van der Waals surface area contributed by atoms with E-state index in [-0.39, 0.29) is 41.5 Å². The Morgan fingerprint density at radius 3 is 2.92 bits per heavy atom. The molecule has 12 nitrogen and oxygen atoms in total. The third kappa shape index (κ3) is 5.28. The van der Waals surface area contributed by atoms with Gasteiger partial charge in [-0.25, -0.2) is 4.79 Å². The van der Waals surface area contributed by atoms with Crippen molar-refractivity contribution in [2.75, 3.05) is 6.61 Å². The number of phosphoric acid groups is 1. The SMILES string of the molecule is Cc1cn([C@H]2C[C@H](N=[N+]=[N-])[C@@H](COP(=O)([O-])O)O2)c(=O)[nH]c1=O.[Na+]. The van der Waals surface area contributed by atoms with Crippen molar-refractivity contribution in [2.45, 2.75) is 31.7 Å². The van der Waals surface area contributed by atoms with Crippen LogP contribution in [0.5, 0.6) is 0 Å². The molecular weight excluding hydrogens is 356 g/mol. The maximum Gasteiger partial charge on any atom is 1.00 e. The number of nitrogens with zero attached hydrogens (tertiary/aromatic N) is 4. The molecule has 126 valence electrons. The van der Waals surface area contributed by atoms with Crippen LogP contribution in [-0.4, -0.2) is 33.2 Å². The van der Waals surface area contributed by atoms with Crippen molar-refractivity contribution in [3.8, 4) is 0 Å². The number of hydrogen-bond acceptors (Lipinski definition) is 7. The minimum absolute atomic E-state index is 0. The van der Waals surface area contributed by atoms with Crippen LogP contribution in [0.4, 0.5) is 0 Å². The van der Waals surface area contributed by atoms with Gasteiger partial charge in [0.25, 0.3) is 13.4 Å². The second kappa shape index (κ2) is 8.43. The fourth-order valence-corrected chi connectivity index (χ4v) is 2.53. The fourth-order valence-electron chi connectivity index (χ4n) is 2.19. The quantitative estimate of drug-likeness (QED) is 0.176. The van der Waals surface area contributed by atoms with Crippen LogP contribution >= 0.6 is 7.82 Å². The predicted octanol–water partition coefficient (Wildman–Crippen LogP) is -3.71. The van der Waals surface area contributed by atoms with Crippen molar-refractivity contribution in [1.82, 2.24) is 9.55 Å². The summed E-state index contributed by atoms with van der Waals surface area (Å²) in [6.45, 7) is 0.920. The number of ether oxygens (including phenoxy) is 1. The van der Waals surface area contributed by atoms with E-state index >= 15 is 0 Å². The van der Waals surface area contributed by atoms with Gasteiger partial charge in [0.2, 0.25) is 0 Å². The number of hydrogen-bond donors (Lipinski definition) is 2. The van der Waals surface area contributed by atoms with E-state index in [1.54, 1.807) is 0 Å². The Bertz CT molecular complexity index is 798. The van der Waals surface area contributed by atoms with E-state index in [1.165, 1.54) is 13.1 Å². The van der Waals surface area contributed by atoms with Gasteiger partial charge in [0.15, 0.2) is 0 Å².